The number of fused-ring (bicyclic) bond motifs is 2. The maximum atomic E-state index is 12.5. The van der Waals surface area contributed by atoms with Gasteiger partial charge in [-0.15, -0.1) is 11.3 Å². The molecule has 0 saturated carbocycles. The third kappa shape index (κ3) is 4.20. The van der Waals surface area contributed by atoms with Gasteiger partial charge in [-0.3, -0.25) is 0 Å². The number of aromatic amines is 1. The number of thioether (sulfide) groups is 1. The summed E-state index contributed by atoms with van der Waals surface area (Å²) in [5.74, 6) is -0.432. The molecule has 164 valence electrons. The van der Waals surface area contributed by atoms with Crippen LogP contribution in [0.2, 0.25) is 0 Å². The van der Waals surface area contributed by atoms with Gasteiger partial charge >= 0.3 is 5.97 Å². The molecule has 33 heavy (non-hydrogen) atoms. The second-order valence-electron chi connectivity index (χ2n) is 7.08. The number of thiophene rings is 1. The van der Waals surface area contributed by atoms with Crippen LogP contribution in [0.5, 0.6) is 0 Å². The molecule has 0 aliphatic carbocycles. The van der Waals surface area contributed by atoms with E-state index in [0.717, 1.165) is 31.2 Å². The molecule has 5 rings (SSSR count). The Hall–Kier alpha value is -3.69. The number of nitrogens with zero attached hydrogens (tertiary/aromatic N) is 3. The number of para-hydroxylation sites is 2. The van der Waals surface area contributed by atoms with Crippen LogP contribution in [0.15, 0.2) is 77.8 Å². The quantitative estimate of drug-likeness (QED) is 0.111. The number of esters is 1. The number of nitrogens with one attached hydrogen (secondary N) is 1. The third-order valence-electron chi connectivity index (χ3n) is 5.00. The molecule has 0 aliphatic heterocycles. The molecule has 3 aromatic heterocycles. The fourth-order valence-electron chi connectivity index (χ4n) is 3.43. The fraction of sp³-hybridized carbons (Fsp3) is 0.0833. The molecule has 0 radical (unpaired) electrons. The van der Waals surface area contributed by atoms with Gasteiger partial charge in [0.05, 0.1) is 23.9 Å². The Labute approximate surface area is 197 Å². The molecular formula is C24H18N4O3S2. The second kappa shape index (κ2) is 9.05. The number of carbonyl (C=O) groups is 1. The highest BCUT2D eigenvalue weighted by Gasteiger charge is 2.22. The van der Waals surface area contributed by atoms with E-state index < -0.39 is 5.97 Å². The fourth-order valence-corrected chi connectivity index (χ4v) is 5.35. The molecule has 7 nitrogen and oxygen atoms in total. The zero-order valence-corrected chi connectivity index (χ0v) is 19.1. The Morgan fingerprint density at radius 1 is 1.12 bits per heavy atom. The first-order valence-electron chi connectivity index (χ1n) is 10.0. The molecule has 0 fully saturated rings. The van der Waals surface area contributed by atoms with Gasteiger partial charge in [-0.25, -0.2) is 19.7 Å². The maximum absolute atomic E-state index is 12.5. The molecule has 0 aliphatic rings. The van der Waals surface area contributed by atoms with E-state index in [0.29, 0.717) is 5.52 Å². The Kier molecular flexibility index (Phi) is 5.80. The standard InChI is InChI=1S/C24H18N4O3S2/c1-31-24(30)20(21-27-16-9-5-6-10-17(16)28-21)18(29)12-32-22-15-11-19(14-7-3-2-4-8-14)33-23(15)26-13-25-22/h2-11,13,29H,12H2,1H3,(H,27,28)/b20-18+. The number of H-pyrrole nitrogens is 1. The van der Waals surface area contributed by atoms with Crippen molar-refractivity contribution in [2.75, 3.05) is 12.9 Å². The Balaban J connectivity index is 1.47. The van der Waals surface area contributed by atoms with Gasteiger partial charge in [0.2, 0.25) is 0 Å². The zero-order valence-electron chi connectivity index (χ0n) is 17.5. The monoisotopic (exact) mass is 474 g/mol. The number of carbonyl (C=O) groups excluding carboxylic acids is 1. The number of ether oxygens (including phenoxy) is 1. The molecule has 3 heterocycles. The number of benzene rings is 2. The molecule has 9 heteroatoms. The number of imidazole rings is 1. The van der Waals surface area contributed by atoms with Crippen LogP contribution in [0.1, 0.15) is 5.82 Å². The van der Waals surface area contributed by atoms with Crippen molar-refractivity contribution >= 4 is 55.9 Å². The van der Waals surface area contributed by atoms with E-state index in [1.54, 1.807) is 11.3 Å². The molecule has 0 spiro atoms. The predicted molar refractivity (Wildman–Crippen MR) is 131 cm³/mol. The Morgan fingerprint density at radius 3 is 2.70 bits per heavy atom. The lowest BCUT2D eigenvalue weighted by atomic mass is 10.2. The van der Waals surface area contributed by atoms with Crippen molar-refractivity contribution in [3.63, 3.8) is 0 Å². The minimum atomic E-state index is -0.665. The lowest BCUT2D eigenvalue weighted by Gasteiger charge is -2.07. The van der Waals surface area contributed by atoms with E-state index in [1.807, 2.05) is 42.5 Å². The van der Waals surface area contributed by atoms with Gasteiger partial charge in [0.25, 0.3) is 0 Å². The van der Waals surface area contributed by atoms with Gasteiger partial charge < -0.3 is 14.8 Å². The van der Waals surface area contributed by atoms with Crippen molar-refractivity contribution in [3.05, 3.63) is 78.6 Å². The van der Waals surface area contributed by atoms with Crippen LogP contribution in [0, 0.1) is 0 Å². The minimum Gasteiger partial charge on any atom is -0.510 e. The summed E-state index contributed by atoms with van der Waals surface area (Å²) < 4.78 is 4.91. The third-order valence-corrected chi connectivity index (χ3v) is 7.11. The minimum absolute atomic E-state index is 0.00166. The molecule has 5 aromatic rings. The highest BCUT2D eigenvalue weighted by Crippen LogP contribution is 2.36. The first-order valence-corrected chi connectivity index (χ1v) is 11.8. The number of aromatic nitrogens is 4. The second-order valence-corrected chi connectivity index (χ2v) is 9.07. The van der Waals surface area contributed by atoms with Crippen molar-refractivity contribution in [2.45, 2.75) is 5.03 Å². The van der Waals surface area contributed by atoms with Gasteiger partial charge in [-0.1, -0.05) is 54.2 Å². The number of hydrogen-bond donors (Lipinski definition) is 2. The normalized spacial score (nSPS) is 12.2. The van der Waals surface area contributed by atoms with Crippen molar-refractivity contribution in [1.29, 1.82) is 0 Å². The van der Waals surface area contributed by atoms with Gasteiger partial charge in [-0.05, 0) is 23.8 Å². The Bertz CT molecular complexity index is 1460. The molecule has 2 aromatic carbocycles. The highest BCUT2D eigenvalue weighted by atomic mass is 32.2. The Morgan fingerprint density at radius 2 is 1.91 bits per heavy atom. The number of hydrogen-bond acceptors (Lipinski definition) is 8. The van der Waals surface area contributed by atoms with E-state index >= 15 is 0 Å². The summed E-state index contributed by atoms with van der Waals surface area (Å²) in [4.78, 5) is 30.7. The van der Waals surface area contributed by atoms with Crippen LogP contribution in [0.4, 0.5) is 0 Å². The average molecular weight is 475 g/mol. The molecule has 0 unspecified atom stereocenters. The molecule has 0 amide bonds. The summed E-state index contributed by atoms with van der Waals surface area (Å²) in [6.07, 6.45) is 1.51. The van der Waals surface area contributed by atoms with E-state index in [-0.39, 0.29) is 22.9 Å². The highest BCUT2D eigenvalue weighted by molar-refractivity contribution is 7.99. The van der Waals surface area contributed by atoms with E-state index in [9.17, 15) is 9.90 Å². The topological polar surface area (TPSA) is 101 Å². The van der Waals surface area contributed by atoms with Crippen molar-refractivity contribution in [2.24, 2.45) is 0 Å². The van der Waals surface area contributed by atoms with Gasteiger partial charge in [0, 0.05) is 10.3 Å². The predicted octanol–water partition coefficient (Wildman–Crippen LogP) is 5.47. The van der Waals surface area contributed by atoms with Crippen LogP contribution in [-0.4, -0.2) is 43.9 Å². The molecule has 2 N–H and O–H groups in total. The van der Waals surface area contributed by atoms with E-state index in [4.69, 9.17) is 4.74 Å². The molecule has 0 atom stereocenters. The lowest BCUT2D eigenvalue weighted by Crippen LogP contribution is -2.09. The summed E-state index contributed by atoms with van der Waals surface area (Å²) >= 11 is 2.91. The largest absolute Gasteiger partial charge is 0.510 e. The summed E-state index contributed by atoms with van der Waals surface area (Å²) in [7, 11) is 1.27. The van der Waals surface area contributed by atoms with Crippen molar-refractivity contribution in [1.82, 2.24) is 19.9 Å². The van der Waals surface area contributed by atoms with Crippen molar-refractivity contribution < 1.29 is 14.6 Å². The summed E-state index contributed by atoms with van der Waals surface area (Å²) in [6, 6.07) is 19.5. The van der Waals surface area contributed by atoms with Gasteiger partial charge in [0.15, 0.2) is 0 Å². The lowest BCUT2D eigenvalue weighted by molar-refractivity contribution is -0.133. The summed E-state index contributed by atoms with van der Waals surface area (Å²) in [5, 5.41) is 12.5. The number of rotatable bonds is 6. The van der Waals surface area contributed by atoms with Crippen LogP contribution in [0.3, 0.4) is 0 Å². The number of aliphatic hydroxyl groups excluding tert-OH is 1. The maximum Gasteiger partial charge on any atom is 0.345 e. The van der Waals surface area contributed by atoms with Gasteiger partial charge in [0.1, 0.15) is 33.3 Å². The smallest absolute Gasteiger partial charge is 0.345 e. The number of aliphatic hydroxyl groups is 1. The number of methoxy groups -OCH3 is 1. The van der Waals surface area contributed by atoms with E-state index in [1.165, 1.54) is 25.2 Å². The van der Waals surface area contributed by atoms with Crippen LogP contribution >= 0.6 is 23.1 Å². The first kappa shape index (κ1) is 21.2. The average Bonchev–Trinajstić information content (AvgIpc) is 3.47. The van der Waals surface area contributed by atoms with Gasteiger partial charge in [-0.2, -0.15) is 0 Å². The zero-order chi connectivity index (χ0) is 22.8. The SMILES string of the molecule is COC(=O)/C(=C(/O)CSc1ncnc2sc(-c3ccccc3)cc12)c1nc2ccccc2[nH]1. The molecule has 0 bridgehead atoms. The molecule has 0 saturated heterocycles. The summed E-state index contributed by atoms with van der Waals surface area (Å²) in [5.41, 5.74) is 2.57. The van der Waals surface area contributed by atoms with Crippen LogP contribution in [-0.2, 0) is 9.53 Å². The molecular weight excluding hydrogens is 456 g/mol. The first-order chi connectivity index (χ1) is 16.1. The van der Waals surface area contributed by atoms with Crippen LogP contribution in [0.25, 0.3) is 37.3 Å². The summed E-state index contributed by atoms with van der Waals surface area (Å²) in [6.45, 7) is 0. The van der Waals surface area contributed by atoms with E-state index in [2.05, 4.69) is 38.1 Å². The van der Waals surface area contributed by atoms with Crippen LogP contribution < -0.4 is 0 Å². The van der Waals surface area contributed by atoms with Crippen molar-refractivity contribution in [3.8, 4) is 10.4 Å².